The molecule has 1 aromatic carbocycles. The highest BCUT2D eigenvalue weighted by atomic mass is 35.5. The molecular formula is C11H11ClN4O. The lowest BCUT2D eigenvalue weighted by molar-refractivity contribution is -0.118. The highest BCUT2D eigenvalue weighted by molar-refractivity contribution is 6.27. The molecule has 0 fully saturated rings. The topological polar surface area (TPSA) is 59.8 Å². The van der Waals surface area contributed by atoms with Crippen LogP contribution >= 0.6 is 11.6 Å². The third-order valence-electron chi connectivity index (χ3n) is 2.23. The third kappa shape index (κ3) is 3.04. The first-order chi connectivity index (χ1) is 8.29. The highest BCUT2D eigenvalue weighted by Crippen LogP contribution is 2.07. The zero-order valence-corrected chi connectivity index (χ0v) is 9.76. The molecule has 0 saturated carbocycles. The fraction of sp³-hybridized carbons (Fsp3) is 0.182. The molecule has 0 bridgehead atoms. The fourth-order valence-corrected chi connectivity index (χ4v) is 1.45. The summed E-state index contributed by atoms with van der Waals surface area (Å²) in [5.74, 6) is -0.191. The molecule has 0 saturated heterocycles. The van der Waals surface area contributed by atoms with Gasteiger partial charge in [0, 0.05) is 6.54 Å². The van der Waals surface area contributed by atoms with E-state index in [-0.39, 0.29) is 11.8 Å². The van der Waals surface area contributed by atoms with Gasteiger partial charge >= 0.3 is 0 Å². The smallest absolute Gasteiger partial charge is 0.235 e. The molecule has 17 heavy (non-hydrogen) atoms. The number of hydrogen-bond donors (Lipinski definition) is 1. The maximum atomic E-state index is 11.0. The first-order valence-corrected chi connectivity index (χ1v) is 5.59. The van der Waals surface area contributed by atoms with Gasteiger partial charge in [0.15, 0.2) is 0 Å². The van der Waals surface area contributed by atoms with Gasteiger partial charge in [-0.05, 0) is 17.7 Å². The van der Waals surface area contributed by atoms with Crippen LogP contribution in [0.3, 0.4) is 0 Å². The summed E-state index contributed by atoms with van der Waals surface area (Å²) < 4.78 is 1.67. The lowest BCUT2D eigenvalue weighted by Gasteiger charge is -2.05. The Hall–Kier alpha value is -1.88. The summed E-state index contributed by atoms with van der Waals surface area (Å²) in [5.41, 5.74) is 1.93. The Kier molecular flexibility index (Phi) is 3.72. The third-order valence-corrected chi connectivity index (χ3v) is 2.47. The summed E-state index contributed by atoms with van der Waals surface area (Å²) >= 11 is 5.38. The van der Waals surface area contributed by atoms with E-state index < -0.39 is 0 Å². The van der Waals surface area contributed by atoms with E-state index in [1.165, 1.54) is 6.33 Å². The largest absolute Gasteiger partial charge is 0.351 e. The maximum Gasteiger partial charge on any atom is 0.235 e. The van der Waals surface area contributed by atoms with Gasteiger partial charge in [-0.3, -0.25) is 4.79 Å². The van der Waals surface area contributed by atoms with Crippen molar-refractivity contribution in [3.63, 3.8) is 0 Å². The van der Waals surface area contributed by atoms with E-state index in [1.54, 1.807) is 11.0 Å². The number of carbonyl (C=O) groups excluding carboxylic acids is 1. The van der Waals surface area contributed by atoms with E-state index >= 15 is 0 Å². The molecule has 0 radical (unpaired) electrons. The molecule has 1 heterocycles. The molecule has 0 spiro atoms. The number of benzene rings is 1. The number of alkyl halides is 1. The van der Waals surface area contributed by atoms with Crippen molar-refractivity contribution in [2.24, 2.45) is 0 Å². The number of rotatable bonds is 4. The zero-order chi connectivity index (χ0) is 12.1. The number of nitrogens with zero attached hydrogens (tertiary/aromatic N) is 3. The second kappa shape index (κ2) is 5.45. The molecule has 0 aliphatic carbocycles. The van der Waals surface area contributed by atoms with Crippen molar-refractivity contribution >= 4 is 17.5 Å². The lowest BCUT2D eigenvalue weighted by atomic mass is 10.2. The van der Waals surface area contributed by atoms with Gasteiger partial charge in [-0.25, -0.2) is 9.67 Å². The van der Waals surface area contributed by atoms with Gasteiger partial charge < -0.3 is 5.32 Å². The molecule has 2 aromatic rings. The van der Waals surface area contributed by atoms with Crippen LogP contribution in [0.15, 0.2) is 36.9 Å². The minimum absolute atomic E-state index is 0.0168. The summed E-state index contributed by atoms with van der Waals surface area (Å²) in [6.45, 7) is 0.475. The number of carbonyl (C=O) groups is 1. The molecule has 1 amide bonds. The predicted octanol–water partition coefficient (Wildman–Crippen LogP) is 1.12. The van der Waals surface area contributed by atoms with Crippen LogP contribution in [-0.4, -0.2) is 26.6 Å². The summed E-state index contributed by atoms with van der Waals surface area (Å²) in [6, 6.07) is 7.67. The number of amides is 1. The predicted molar refractivity (Wildman–Crippen MR) is 63.9 cm³/mol. The first-order valence-electron chi connectivity index (χ1n) is 5.06. The van der Waals surface area contributed by atoms with E-state index in [0.29, 0.717) is 6.54 Å². The number of aromatic nitrogens is 3. The van der Waals surface area contributed by atoms with Crippen LogP contribution in [0, 0.1) is 0 Å². The SMILES string of the molecule is O=C(CCl)NCc1ccc(-n2cncn2)cc1. The molecule has 0 aliphatic heterocycles. The first kappa shape index (κ1) is 11.6. The fourth-order valence-electron chi connectivity index (χ4n) is 1.36. The van der Waals surface area contributed by atoms with Crippen molar-refractivity contribution in [1.82, 2.24) is 20.1 Å². The second-order valence-corrected chi connectivity index (χ2v) is 3.68. The minimum Gasteiger partial charge on any atom is -0.351 e. The summed E-state index contributed by atoms with van der Waals surface area (Å²) in [5, 5.41) is 6.72. The van der Waals surface area contributed by atoms with Crippen LogP contribution in [0.4, 0.5) is 0 Å². The van der Waals surface area contributed by atoms with Crippen LogP contribution in [-0.2, 0) is 11.3 Å². The van der Waals surface area contributed by atoms with E-state index in [4.69, 9.17) is 11.6 Å². The number of halogens is 1. The van der Waals surface area contributed by atoms with Gasteiger partial charge in [0.05, 0.1) is 5.69 Å². The molecule has 0 atom stereocenters. The average Bonchev–Trinajstić information content (AvgIpc) is 2.90. The van der Waals surface area contributed by atoms with Crippen molar-refractivity contribution in [3.05, 3.63) is 42.5 Å². The normalized spacial score (nSPS) is 10.2. The van der Waals surface area contributed by atoms with Crippen molar-refractivity contribution in [2.45, 2.75) is 6.54 Å². The Bertz CT molecular complexity index is 481. The molecule has 0 unspecified atom stereocenters. The van der Waals surface area contributed by atoms with Gasteiger partial charge in [0.1, 0.15) is 18.5 Å². The van der Waals surface area contributed by atoms with Crippen LogP contribution in [0.1, 0.15) is 5.56 Å². The molecule has 2 rings (SSSR count). The summed E-state index contributed by atoms with van der Waals surface area (Å²) in [6.07, 6.45) is 3.11. The monoisotopic (exact) mass is 250 g/mol. The zero-order valence-electron chi connectivity index (χ0n) is 9.01. The van der Waals surface area contributed by atoms with Gasteiger partial charge in [0.25, 0.3) is 0 Å². The molecule has 1 aromatic heterocycles. The highest BCUT2D eigenvalue weighted by Gasteiger charge is 2.00. The second-order valence-electron chi connectivity index (χ2n) is 3.42. The minimum atomic E-state index is -0.174. The van der Waals surface area contributed by atoms with Crippen molar-refractivity contribution < 1.29 is 4.79 Å². The molecule has 1 N–H and O–H groups in total. The molecule has 0 aliphatic rings. The molecule has 6 heteroatoms. The van der Waals surface area contributed by atoms with Gasteiger partial charge in [-0.1, -0.05) is 12.1 Å². The van der Waals surface area contributed by atoms with E-state index in [1.807, 2.05) is 24.3 Å². The van der Waals surface area contributed by atoms with Gasteiger partial charge in [0.2, 0.25) is 5.91 Å². The van der Waals surface area contributed by atoms with Crippen LogP contribution in [0.5, 0.6) is 0 Å². The van der Waals surface area contributed by atoms with E-state index in [2.05, 4.69) is 15.4 Å². The van der Waals surface area contributed by atoms with E-state index in [9.17, 15) is 4.79 Å². The standard InChI is InChI=1S/C11H11ClN4O/c12-5-11(17)14-6-9-1-3-10(4-2-9)16-8-13-7-15-16/h1-4,7-8H,5-6H2,(H,14,17). The summed E-state index contributed by atoms with van der Waals surface area (Å²) in [7, 11) is 0. The van der Waals surface area contributed by atoms with Crippen molar-refractivity contribution in [3.8, 4) is 5.69 Å². The Morgan fingerprint density at radius 1 is 1.35 bits per heavy atom. The molecular weight excluding hydrogens is 240 g/mol. The molecule has 5 nitrogen and oxygen atoms in total. The van der Waals surface area contributed by atoms with Gasteiger partial charge in [-0.15, -0.1) is 11.6 Å². The maximum absolute atomic E-state index is 11.0. The van der Waals surface area contributed by atoms with Gasteiger partial charge in [-0.2, -0.15) is 5.10 Å². The van der Waals surface area contributed by atoms with E-state index in [0.717, 1.165) is 11.3 Å². The van der Waals surface area contributed by atoms with Crippen LogP contribution in [0.25, 0.3) is 5.69 Å². The Labute approximate surface area is 103 Å². The van der Waals surface area contributed by atoms with Crippen LogP contribution in [0.2, 0.25) is 0 Å². The summed E-state index contributed by atoms with van der Waals surface area (Å²) in [4.78, 5) is 14.8. The van der Waals surface area contributed by atoms with Crippen molar-refractivity contribution in [1.29, 1.82) is 0 Å². The lowest BCUT2D eigenvalue weighted by Crippen LogP contribution is -2.23. The average molecular weight is 251 g/mol. The quantitative estimate of drug-likeness (QED) is 0.828. The van der Waals surface area contributed by atoms with Crippen LogP contribution < -0.4 is 5.32 Å². The Balaban J connectivity index is 2.01. The Morgan fingerprint density at radius 3 is 2.71 bits per heavy atom. The number of nitrogens with one attached hydrogen (secondary N) is 1. The van der Waals surface area contributed by atoms with Crippen molar-refractivity contribution in [2.75, 3.05) is 5.88 Å². The molecule has 88 valence electrons. The number of hydrogen-bond acceptors (Lipinski definition) is 3. The Morgan fingerprint density at radius 2 is 2.12 bits per heavy atom.